The predicted molar refractivity (Wildman–Crippen MR) is 91.5 cm³/mol. The summed E-state index contributed by atoms with van der Waals surface area (Å²) >= 11 is 0. The molecule has 0 heterocycles. The van der Waals surface area contributed by atoms with Gasteiger partial charge < -0.3 is 14.2 Å². The number of esters is 2. The number of hydrogen-bond donors (Lipinski definition) is 0. The van der Waals surface area contributed by atoms with Gasteiger partial charge in [0.15, 0.2) is 6.61 Å². The first kappa shape index (κ1) is 17.0. The molecule has 5 nitrogen and oxygen atoms in total. The molecule has 5 heteroatoms. The minimum absolute atomic E-state index is 0.126. The lowest BCUT2D eigenvalue weighted by Gasteiger charge is -2.09. The van der Waals surface area contributed by atoms with Gasteiger partial charge in [0.25, 0.3) is 0 Å². The summed E-state index contributed by atoms with van der Waals surface area (Å²) in [6, 6.07) is 12.7. The summed E-state index contributed by atoms with van der Waals surface area (Å²) in [5.74, 6) is -0.135. The fourth-order valence-electron chi connectivity index (χ4n) is 2.84. The van der Waals surface area contributed by atoms with Crippen molar-refractivity contribution >= 4 is 11.9 Å². The van der Waals surface area contributed by atoms with Crippen molar-refractivity contribution in [3.63, 3.8) is 0 Å². The van der Waals surface area contributed by atoms with Crippen LogP contribution in [0.2, 0.25) is 0 Å². The van der Waals surface area contributed by atoms with E-state index >= 15 is 0 Å². The SMILES string of the molecule is COC(=O)c1ccc(COC(=O)COc2ccc3c(c2)CCC3)cc1. The highest BCUT2D eigenvalue weighted by molar-refractivity contribution is 5.89. The van der Waals surface area contributed by atoms with Crippen molar-refractivity contribution in [1.29, 1.82) is 0 Å². The Morgan fingerprint density at radius 3 is 2.52 bits per heavy atom. The summed E-state index contributed by atoms with van der Waals surface area (Å²) in [4.78, 5) is 23.2. The number of benzene rings is 2. The molecule has 0 fully saturated rings. The topological polar surface area (TPSA) is 61.8 Å². The van der Waals surface area contributed by atoms with Gasteiger partial charge in [-0.3, -0.25) is 0 Å². The van der Waals surface area contributed by atoms with Crippen molar-refractivity contribution in [2.45, 2.75) is 25.9 Å². The highest BCUT2D eigenvalue weighted by atomic mass is 16.6. The van der Waals surface area contributed by atoms with Crippen molar-refractivity contribution in [3.8, 4) is 5.75 Å². The van der Waals surface area contributed by atoms with E-state index in [-0.39, 0.29) is 13.2 Å². The molecule has 0 amide bonds. The van der Waals surface area contributed by atoms with Gasteiger partial charge >= 0.3 is 11.9 Å². The number of aryl methyl sites for hydroxylation is 2. The molecule has 1 aliphatic rings. The molecule has 2 aromatic rings. The Labute approximate surface area is 146 Å². The van der Waals surface area contributed by atoms with Gasteiger partial charge in [-0.2, -0.15) is 0 Å². The zero-order valence-corrected chi connectivity index (χ0v) is 14.1. The molecule has 0 aromatic heterocycles. The summed E-state index contributed by atoms with van der Waals surface area (Å²) in [5, 5.41) is 0. The number of rotatable bonds is 6. The van der Waals surface area contributed by atoms with E-state index in [4.69, 9.17) is 9.47 Å². The number of carbonyl (C=O) groups is 2. The van der Waals surface area contributed by atoms with E-state index in [1.807, 2.05) is 12.1 Å². The summed E-state index contributed by atoms with van der Waals surface area (Å²) in [6.07, 6.45) is 3.36. The van der Waals surface area contributed by atoms with Crippen molar-refractivity contribution in [3.05, 3.63) is 64.7 Å². The van der Waals surface area contributed by atoms with Crippen molar-refractivity contribution in [1.82, 2.24) is 0 Å². The Morgan fingerprint density at radius 2 is 1.76 bits per heavy atom. The molecule has 0 saturated heterocycles. The molecule has 0 aliphatic heterocycles. The number of ether oxygens (including phenoxy) is 3. The zero-order chi connectivity index (χ0) is 17.6. The van der Waals surface area contributed by atoms with E-state index < -0.39 is 11.9 Å². The zero-order valence-electron chi connectivity index (χ0n) is 14.1. The first-order chi connectivity index (χ1) is 12.2. The molecule has 3 rings (SSSR count). The van der Waals surface area contributed by atoms with E-state index in [0.717, 1.165) is 18.4 Å². The minimum Gasteiger partial charge on any atom is -0.482 e. The van der Waals surface area contributed by atoms with Gasteiger partial charge in [-0.05, 0) is 60.2 Å². The fourth-order valence-corrected chi connectivity index (χ4v) is 2.84. The Hall–Kier alpha value is -2.82. The average Bonchev–Trinajstić information content (AvgIpc) is 3.12. The van der Waals surface area contributed by atoms with Gasteiger partial charge in [-0.1, -0.05) is 18.2 Å². The van der Waals surface area contributed by atoms with E-state index in [1.165, 1.54) is 24.7 Å². The highest BCUT2D eigenvalue weighted by Crippen LogP contribution is 2.25. The van der Waals surface area contributed by atoms with E-state index in [1.54, 1.807) is 24.3 Å². The first-order valence-corrected chi connectivity index (χ1v) is 8.23. The maximum Gasteiger partial charge on any atom is 0.344 e. The molecular weight excluding hydrogens is 320 g/mol. The standard InChI is InChI=1S/C20H20O5/c1-23-20(22)16-7-5-14(6-8-16)12-25-19(21)13-24-18-10-9-15-3-2-4-17(15)11-18/h5-11H,2-4,12-13H2,1H3. The van der Waals surface area contributed by atoms with Crippen LogP contribution >= 0.6 is 0 Å². The molecule has 25 heavy (non-hydrogen) atoms. The third kappa shape index (κ3) is 4.38. The molecular formula is C20H20O5. The quantitative estimate of drug-likeness (QED) is 0.756. The minimum atomic E-state index is -0.433. The third-order valence-electron chi connectivity index (χ3n) is 4.20. The van der Waals surface area contributed by atoms with Crippen LogP contribution in [0.4, 0.5) is 0 Å². The molecule has 130 valence electrons. The largest absolute Gasteiger partial charge is 0.482 e. The van der Waals surface area contributed by atoms with Crippen molar-refractivity contribution in [2.75, 3.05) is 13.7 Å². The lowest BCUT2D eigenvalue weighted by molar-refractivity contribution is -0.147. The monoisotopic (exact) mass is 340 g/mol. The molecule has 1 aliphatic carbocycles. The average molecular weight is 340 g/mol. The van der Waals surface area contributed by atoms with Crippen LogP contribution in [0.5, 0.6) is 5.75 Å². The molecule has 0 radical (unpaired) electrons. The van der Waals surface area contributed by atoms with Crippen LogP contribution in [0.15, 0.2) is 42.5 Å². The van der Waals surface area contributed by atoms with Gasteiger partial charge in [0.2, 0.25) is 0 Å². The molecule has 0 atom stereocenters. The van der Waals surface area contributed by atoms with Crippen LogP contribution in [0.3, 0.4) is 0 Å². The molecule has 0 unspecified atom stereocenters. The van der Waals surface area contributed by atoms with Crippen LogP contribution in [0.25, 0.3) is 0 Å². The van der Waals surface area contributed by atoms with Crippen LogP contribution < -0.4 is 4.74 Å². The maximum absolute atomic E-state index is 11.8. The Bertz CT molecular complexity index is 764. The molecule has 0 bridgehead atoms. The smallest absolute Gasteiger partial charge is 0.344 e. The van der Waals surface area contributed by atoms with Crippen molar-refractivity contribution in [2.24, 2.45) is 0 Å². The first-order valence-electron chi connectivity index (χ1n) is 8.23. The van der Waals surface area contributed by atoms with Crippen LogP contribution in [0.1, 0.15) is 33.5 Å². The van der Waals surface area contributed by atoms with Crippen molar-refractivity contribution < 1.29 is 23.8 Å². The molecule has 0 spiro atoms. The second kappa shape index (κ2) is 7.83. The van der Waals surface area contributed by atoms with Gasteiger partial charge in [-0.25, -0.2) is 9.59 Å². The second-order valence-corrected chi connectivity index (χ2v) is 5.92. The van der Waals surface area contributed by atoms with Gasteiger partial charge in [0.05, 0.1) is 12.7 Å². The highest BCUT2D eigenvalue weighted by Gasteiger charge is 2.12. The van der Waals surface area contributed by atoms with Crippen LogP contribution in [-0.2, 0) is 33.7 Å². The second-order valence-electron chi connectivity index (χ2n) is 5.92. The summed E-state index contributed by atoms with van der Waals surface area (Å²) in [6.45, 7) is 0.00681. The third-order valence-corrected chi connectivity index (χ3v) is 4.20. The maximum atomic E-state index is 11.8. The fraction of sp³-hybridized carbons (Fsp3) is 0.300. The molecule has 2 aromatic carbocycles. The Balaban J connectivity index is 1.46. The summed E-state index contributed by atoms with van der Waals surface area (Å²) in [5.41, 5.74) is 3.91. The molecule has 0 saturated carbocycles. The van der Waals surface area contributed by atoms with E-state index in [0.29, 0.717) is 11.3 Å². The number of carbonyl (C=O) groups excluding carboxylic acids is 2. The van der Waals surface area contributed by atoms with E-state index in [2.05, 4.69) is 10.8 Å². The normalized spacial score (nSPS) is 12.4. The summed E-state index contributed by atoms with van der Waals surface area (Å²) in [7, 11) is 1.33. The lowest BCUT2D eigenvalue weighted by Crippen LogP contribution is -2.15. The van der Waals surface area contributed by atoms with Gasteiger partial charge in [0.1, 0.15) is 12.4 Å². The van der Waals surface area contributed by atoms with Gasteiger partial charge in [-0.15, -0.1) is 0 Å². The predicted octanol–water partition coefficient (Wildman–Crippen LogP) is 3.08. The number of fused-ring (bicyclic) bond motifs is 1. The number of methoxy groups -OCH3 is 1. The Kier molecular flexibility index (Phi) is 5.33. The van der Waals surface area contributed by atoms with E-state index in [9.17, 15) is 9.59 Å². The van der Waals surface area contributed by atoms with Crippen LogP contribution in [-0.4, -0.2) is 25.7 Å². The lowest BCUT2D eigenvalue weighted by atomic mass is 10.1. The molecule has 0 N–H and O–H groups in total. The van der Waals surface area contributed by atoms with Gasteiger partial charge in [0, 0.05) is 0 Å². The van der Waals surface area contributed by atoms with Crippen LogP contribution in [0, 0.1) is 0 Å². The Morgan fingerprint density at radius 1 is 1.00 bits per heavy atom. The number of hydrogen-bond acceptors (Lipinski definition) is 5. The summed E-state index contributed by atoms with van der Waals surface area (Å²) < 4.78 is 15.3.